The second kappa shape index (κ2) is 10.6. The maximum absolute atomic E-state index is 12.2. The van der Waals surface area contributed by atoms with Crippen molar-refractivity contribution in [1.82, 2.24) is 10.2 Å². The first-order valence-corrected chi connectivity index (χ1v) is 9.62. The van der Waals surface area contributed by atoms with E-state index < -0.39 is 5.60 Å². The third-order valence-electron chi connectivity index (χ3n) is 4.28. The molecule has 0 aromatic rings. The van der Waals surface area contributed by atoms with E-state index in [1.807, 2.05) is 20.8 Å². The van der Waals surface area contributed by atoms with Gasteiger partial charge in [-0.15, -0.1) is 0 Å². The number of unbranched alkanes of at least 4 members (excludes halogenated alkanes) is 7. The Morgan fingerprint density at radius 3 is 2.12 bits per heavy atom. The van der Waals surface area contributed by atoms with Gasteiger partial charge in [-0.3, -0.25) is 9.69 Å². The Hall–Kier alpha value is -1.26. The first-order chi connectivity index (χ1) is 11.3. The zero-order chi connectivity index (χ0) is 18.0. The summed E-state index contributed by atoms with van der Waals surface area (Å²) < 4.78 is 5.33. The first kappa shape index (κ1) is 20.8. The Kier molecular flexibility index (Phi) is 9.16. The molecule has 1 fully saturated rings. The minimum Gasteiger partial charge on any atom is -0.444 e. The van der Waals surface area contributed by atoms with Gasteiger partial charge in [0.15, 0.2) is 0 Å². The molecule has 0 bridgehead atoms. The molecule has 1 aliphatic rings. The number of likely N-dealkylation sites (tertiary alicyclic amines) is 1. The van der Waals surface area contributed by atoms with Gasteiger partial charge in [-0.05, 0) is 33.6 Å². The molecule has 1 aliphatic heterocycles. The lowest BCUT2D eigenvalue weighted by molar-refractivity contribution is -0.130. The lowest BCUT2D eigenvalue weighted by Crippen LogP contribution is -2.59. The molecule has 0 aromatic carbocycles. The highest BCUT2D eigenvalue weighted by molar-refractivity contribution is 5.87. The maximum Gasteiger partial charge on any atom is 0.410 e. The zero-order valence-corrected chi connectivity index (χ0v) is 16.0. The summed E-state index contributed by atoms with van der Waals surface area (Å²) in [6.45, 7) is 9.04. The largest absolute Gasteiger partial charge is 0.444 e. The zero-order valence-electron chi connectivity index (χ0n) is 16.0. The topological polar surface area (TPSA) is 58.6 Å². The number of nitrogens with zero attached hydrogens (tertiary/aromatic N) is 1. The standard InChI is InChI=1S/C19H36N2O3/c1-5-6-7-8-9-10-11-12-14-20-17(22)16-13-15-21(16)18(23)24-19(2,3)4/h16H,5-15H2,1-4H3,(H,20,22)/t16-/m0/s1. The second-order valence-electron chi connectivity index (χ2n) is 7.74. The van der Waals surface area contributed by atoms with Crippen molar-refractivity contribution >= 4 is 12.0 Å². The molecule has 24 heavy (non-hydrogen) atoms. The Morgan fingerprint density at radius 2 is 1.62 bits per heavy atom. The van der Waals surface area contributed by atoms with Crippen LogP contribution in [0.4, 0.5) is 4.79 Å². The van der Waals surface area contributed by atoms with Gasteiger partial charge >= 0.3 is 6.09 Å². The van der Waals surface area contributed by atoms with Gasteiger partial charge in [0, 0.05) is 13.1 Å². The molecule has 5 heteroatoms. The predicted molar refractivity (Wildman–Crippen MR) is 97.0 cm³/mol. The maximum atomic E-state index is 12.2. The molecular formula is C19H36N2O3. The predicted octanol–water partition coefficient (Wildman–Crippen LogP) is 4.25. The Bertz CT molecular complexity index is 391. The van der Waals surface area contributed by atoms with Crippen molar-refractivity contribution in [3.8, 4) is 0 Å². The molecule has 1 N–H and O–H groups in total. The van der Waals surface area contributed by atoms with E-state index in [-0.39, 0.29) is 18.0 Å². The van der Waals surface area contributed by atoms with E-state index in [2.05, 4.69) is 12.2 Å². The number of carbonyl (C=O) groups excluding carboxylic acids is 2. The van der Waals surface area contributed by atoms with Crippen molar-refractivity contribution in [2.75, 3.05) is 13.1 Å². The van der Waals surface area contributed by atoms with Crippen molar-refractivity contribution in [3.05, 3.63) is 0 Å². The van der Waals surface area contributed by atoms with Gasteiger partial charge in [0.2, 0.25) is 5.91 Å². The van der Waals surface area contributed by atoms with E-state index >= 15 is 0 Å². The summed E-state index contributed by atoms with van der Waals surface area (Å²) in [5.41, 5.74) is -0.523. The minimum absolute atomic E-state index is 0.0462. The van der Waals surface area contributed by atoms with Crippen LogP contribution in [0.3, 0.4) is 0 Å². The Balaban J connectivity index is 2.10. The smallest absolute Gasteiger partial charge is 0.410 e. The van der Waals surface area contributed by atoms with Crippen molar-refractivity contribution in [2.24, 2.45) is 0 Å². The van der Waals surface area contributed by atoms with Crippen LogP contribution in [-0.2, 0) is 9.53 Å². The van der Waals surface area contributed by atoms with E-state index in [1.54, 1.807) is 0 Å². The van der Waals surface area contributed by atoms with Crippen LogP contribution < -0.4 is 5.32 Å². The molecule has 140 valence electrons. The summed E-state index contributed by atoms with van der Waals surface area (Å²) in [5.74, 6) is -0.0462. The average Bonchev–Trinajstić information content (AvgIpc) is 2.42. The first-order valence-electron chi connectivity index (χ1n) is 9.62. The Morgan fingerprint density at radius 1 is 1.04 bits per heavy atom. The molecule has 1 heterocycles. The van der Waals surface area contributed by atoms with Gasteiger partial charge in [-0.25, -0.2) is 4.79 Å². The Labute approximate surface area is 147 Å². The number of hydrogen-bond acceptors (Lipinski definition) is 3. The van der Waals surface area contributed by atoms with Crippen molar-refractivity contribution in [1.29, 1.82) is 0 Å². The molecule has 0 aliphatic carbocycles. The highest BCUT2D eigenvalue weighted by Crippen LogP contribution is 2.21. The number of ether oxygens (including phenoxy) is 1. The monoisotopic (exact) mass is 340 g/mol. The van der Waals surface area contributed by atoms with Crippen LogP contribution in [0.2, 0.25) is 0 Å². The molecule has 0 saturated carbocycles. The fourth-order valence-corrected chi connectivity index (χ4v) is 2.79. The SMILES string of the molecule is CCCCCCCCCCNC(=O)[C@@H]1CCN1C(=O)OC(C)(C)C. The van der Waals surface area contributed by atoms with Gasteiger partial charge in [-0.2, -0.15) is 0 Å². The number of amides is 2. The van der Waals surface area contributed by atoms with E-state index in [1.165, 1.54) is 43.4 Å². The van der Waals surface area contributed by atoms with E-state index in [0.717, 1.165) is 19.3 Å². The average molecular weight is 341 g/mol. The molecular weight excluding hydrogens is 304 g/mol. The number of carbonyl (C=O) groups is 2. The fraction of sp³-hybridized carbons (Fsp3) is 0.895. The molecule has 2 amide bonds. The summed E-state index contributed by atoms with van der Waals surface area (Å²) in [4.78, 5) is 25.7. The fourth-order valence-electron chi connectivity index (χ4n) is 2.79. The molecule has 0 spiro atoms. The number of rotatable bonds is 10. The molecule has 1 saturated heterocycles. The lowest BCUT2D eigenvalue weighted by atomic mass is 10.0. The number of hydrogen-bond donors (Lipinski definition) is 1. The lowest BCUT2D eigenvalue weighted by Gasteiger charge is -2.40. The second-order valence-corrected chi connectivity index (χ2v) is 7.74. The normalized spacial score (nSPS) is 17.3. The minimum atomic E-state index is -0.523. The number of nitrogens with one attached hydrogen (secondary N) is 1. The van der Waals surface area contributed by atoms with Gasteiger partial charge in [-0.1, -0.05) is 51.9 Å². The highest BCUT2D eigenvalue weighted by Gasteiger charge is 2.39. The van der Waals surface area contributed by atoms with Gasteiger partial charge < -0.3 is 10.1 Å². The van der Waals surface area contributed by atoms with Crippen molar-refractivity contribution < 1.29 is 14.3 Å². The molecule has 5 nitrogen and oxygen atoms in total. The van der Waals surface area contributed by atoms with Crippen LogP contribution in [0.25, 0.3) is 0 Å². The van der Waals surface area contributed by atoms with Crippen molar-refractivity contribution in [2.45, 2.75) is 97.1 Å². The molecule has 1 rings (SSSR count). The van der Waals surface area contributed by atoms with Crippen LogP contribution in [0, 0.1) is 0 Å². The molecule has 0 unspecified atom stereocenters. The molecule has 1 atom stereocenters. The molecule has 0 radical (unpaired) electrons. The summed E-state index contributed by atoms with van der Waals surface area (Å²) in [6.07, 6.45) is 10.3. The van der Waals surface area contributed by atoms with E-state index in [4.69, 9.17) is 4.74 Å². The van der Waals surface area contributed by atoms with Gasteiger partial charge in [0.1, 0.15) is 11.6 Å². The summed E-state index contributed by atoms with van der Waals surface area (Å²) >= 11 is 0. The van der Waals surface area contributed by atoms with Crippen LogP contribution in [0.5, 0.6) is 0 Å². The third-order valence-corrected chi connectivity index (χ3v) is 4.28. The summed E-state index contributed by atoms with van der Waals surface area (Å²) in [7, 11) is 0. The van der Waals surface area contributed by atoms with E-state index in [0.29, 0.717) is 13.1 Å². The summed E-state index contributed by atoms with van der Waals surface area (Å²) in [5, 5.41) is 2.96. The third kappa shape index (κ3) is 8.02. The van der Waals surface area contributed by atoms with Crippen LogP contribution in [0.1, 0.15) is 85.5 Å². The summed E-state index contributed by atoms with van der Waals surface area (Å²) in [6, 6.07) is -0.353. The van der Waals surface area contributed by atoms with Crippen LogP contribution in [-0.4, -0.2) is 41.6 Å². The highest BCUT2D eigenvalue weighted by atomic mass is 16.6. The van der Waals surface area contributed by atoms with Crippen LogP contribution in [0.15, 0.2) is 0 Å². The van der Waals surface area contributed by atoms with Gasteiger partial charge in [0.05, 0.1) is 0 Å². The van der Waals surface area contributed by atoms with E-state index in [9.17, 15) is 9.59 Å². The van der Waals surface area contributed by atoms with Crippen molar-refractivity contribution in [3.63, 3.8) is 0 Å². The van der Waals surface area contributed by atoms with Gasteiger partial charge in [0.25, 0.3) is 0 Å². The molecule has 0 aromatic heterocycles. The quantitative estimate of drug-likeness (QED) is 0.605. The van der Waals surface area contributed by atoms with Crippen LogP contribution >= 0.6 is 0 Å².